The summed E-state index contributed by atoms with van der Waals surface area (Å²) in [5.74, 6) is 1.73. The molecule has 0 spiro atoms. The van der Waals surface area contributed by atoms with Crippen LogP contribution in [0, 0.1) is 12.8 Å². The number of nitrogens with zero attached hydrogens (tertiary/aromatic N) is 3. The van der Waals surface area contributed by atoms with Gasteiger partial charge in [0.25, 0.3) is 0 Å². The first-order valence-electron chi connectivity index (χ1n) is 7.10. The van der Waals surface area contributed by atoms with Crippen molar-refractivity contribution in [3.05, 3.63) is 23.4 Å². The van der Waals surface area contributed by atoms with Gasteiger partial charge in [-0.1, -0.05) is 6.07 Å². The van der Waals surface area contributed by atoms with Gasteiger partial charge in [-0.25, -0.2) is 13.4 Å². The van der Waals surface area contributed by atoms with Gasteiger partial charge in [0.2, 0.25) is 10.0 Å². The van der Waals surface area contributed by atoms with Gasteiger partial charge >= 0.3 is 0 Å². The van der Waals surface area contributed by atoms with E-state index in [1.165, 1.54) is 19.1 Å². The number of hydrogen-bond donors (Lipinski definition) is 0. The van der Waals surface area contributed by atoms with Crippen molar-refractivity contribution < 1.29 is 8.42 Å². The van der Waals surface area contributed by atoms with Crippen LogP contribution in [0.2, 0.25) is 0 Å². The van der Waals surface area contributed by atoms with Crippen molar-refractivity contribution in [1.29, 1.82) is 0 Å². The molecule has 2 aliphatic rings. The summed E-state index contributed by atoms with van der Waals surface area (Å²) in [5.41, 5.74) is 2.00. The van der Waals surface area contributed by atoms with Crippen LogP contribution >= 0.6 is 0 Å². The Morgan fingerprint density at radius 1 is 1.30 bits per heavy atom. The molecule has 1 fully saturated rings. The number of rotatable bonds is 3. The van der Waals surface area contributed by atoms with Gasteiger partial charge in [0.05, 0.1) is 6.26 Å². The highest BCUT2D eigenvalue weighted by Gasteiger charge is 2.30. The fraction of sp³-hybridized carbons (Fsp3) is 0.643. The summed E-state index contributed by atoms with van der Waals surface area (Å²) in [6, 6.07) is 3.97. The highest BCUT2D eigenvalue weighted by Crippen LogP contribution is 2.33. The zero-order chi connectivity index (χ0) is 14.3. The largest absolute Gasteiger partial charge is 0.355 e. The molecular weight excluding hydrogens is 274 g/mol. The molecule has 3 rings (SSSR count). The Hall–Kier alpha value is -1.14. The second-order valence-electron chi connectivity index (χ2n) is 5.92. The van der Waals surface area contributed by atoms with Crippen LogP contribution in [0.1, 0.15) is 24.1 Å². The Labute approximate surface area is 120 Å². The molecule has 5 nitrogen and oxygen atoms in total. The highest BCUT2D eigenvalue weighted by atomic mass is 32.2. The van der Waals surface area contributed by atoms with Gasteiger partial charge in [-0.05, 0) is 31.7 Å². The lowest BCUT2D eigenvalue weighted by atomic mass is 10.2. The van der Waals surface area contributed by atoms with E-state index in [4.69, 9.17) is 0 Å². The molecule has 0 atom stereocenters. The molecule has 1 aromatic rings. The van der Waals surface area contributed by atoms with E-state index in [1.807, 2.05) is 19.1 Å². The Morgan fingerprint density at radius 3 is 2.70 bits per heavy atom. The summed E-state index contributed by atoms with van der Waals surface area (Å²) in [6.45, 7) is 4.69. The third kappa shape index (κ3) is 2.96. The lowest BCUT2D eigenvalue weighted by Crippen LogP contribution is -2.35. The second kappa shape index (κ2) is 5.00. The molecule has 1 saturated carbocycles. The Bertz CT molecular complexity index is 611. The van der Waals surface area contributed by atoms with Gasteiger partial charge in [-0.2, -0.15) is 4.31 Å². The van der Waals surface area contributed by atoms with Crippen molar-refractivity contribution >= 4 is 15.8 Å². The predicted octanol–water partition coefficient (Wildman–Crippen LogP) is 1.38. The van der Waals surface area contributed by atoms with Gasteiger partial charge in [0.1, 0.15) is 5.82 Å². The maximum absolute atomic E-state index is 11.8. The maximum Gasteiger partial charge on any atom is 0.211 e. The number of aryl methyl sites for hydroxylation is 1. The zero-order valence-corrected chi connectivity index (χ0v) is 12.9. The summed E-state index contributed by atoms with van der Waals surface area (Å²) in [6.07, 6.45) is 3.85. The van der Waals surface area contributed by atoms with Crippen molar-refractivity contribution in [2.24, 2.45) is 5.92 Å². The lowest BCUT2D eigenvalue weighted by molar-refractivity contribution is 0.422. The fourth-order valence-electron chi connectivity index (χ4n) is 2.65. The van der Waals surface area contributed by atoms with Crippen LogP contribution in [-0.4, -0.2) is 43.6 Å². The van der Waals surface area contributed by atoms with Crippen molar-refractivity contribution in [3.63, 3.8) is 0 Å². The summed E-state index contributed by atoms with van der Waals surface area (Å²) < 4.78 is 25.2. The third-order valence-corrected chi connectivity index (χ3v) is 5.25. The monoisotopic (exact) mass is 295 g/mol. The number of hydrogen-bond acceptors (Lipinski definition) is 4. The molecule has 0 radical (unpaired) electrons. The predicted molar refractivity (Wildman–Crippen MR) is 79.2 cm³/mol. The van der Waals surface area contributed by atoms with E-state index in [-0.39, 0.29) is 0 Å². The summed E-state index contributed by atoms with van der Waals surface area (Å²) in [5, 5.41) is 0. The van der Waals surface area contributed by atoms with Crippen LogP contribution in [0.5, 0.6) is 0 Å². The van der Waals surface area contributed by atoms with Crippen LogP contribution in [0.25, 0.3) is 0 Å². The molecule has 20 heavy (non-hydrogen) atoms. The van der Waals surface area contributed by atoms with E-state index < -0.39 is 10.0 Å². The molecule has 0 aromatic carbocycles. The first-order chi connectivity index (χ1) is 9.43. The molecule has 0 unspecified atom stereocenters. The minimum Gasteiger partial charge on any atom is -0.355 e. The number of anilines is 1. The van der Waals surface area contributed by atoms with E-state index in [0.29, 0.717) is 13.1 Å². The Balaban J connectivity index is 1.94. The van der Waals surface area contributed by atoms with Crippen LogP contribution < -0.4 is 4.90 Å². The molecule has 6 heteroatoms. The molecule has 0 saturated heterocycles. The normalized spacial score (nSPS) is 20.6. The Morgan fingerprint density at radius 2 is 2.05 bits per heavy atom. The minimum absolute atomic E-state index is 0.433. The van der Waals surface area contributed by atoms with Crippen molar-refractivity contribution in [2.75, 3.05) is 30.8 Å². The zero-order valence-electron chi connectivity index (χ0n) is 12.0. The first kappa shape index (κ1) is 13.8. The molecule has 1 aromatic heterocycles. The average molecular weight is 295 g/mol. The molecule has 1 aliphatic heterocycles. The first-order valence-corrected chi connectivity index (χ1v) is 8.95. The van der Waals surface area contributed by atoms with Crippen LogP contribution in [0.3, 0.4) is 0 Å². The van der Waals surface area contributed by atoms with E-state index in [1.54, 1.807) is 4.31 Å². The molecule has 110 valence electrons. The SMILES string of the molecule is Cc1ccc2c(n1)N(CC1CC1)CCN(S(C)(=O)=O)C2. The molecule has 1 aliphatic carbocycles. The second-order valence-corrected chi connectivity index (χ2v) is 7.90. The van der Waals surface area contributed by atoms with Gasteiger partial charge in [-0.15, -0.1) is 0 Å². The maximum atomic E-state index is 11.8. The summed E-state index contributed by atoms with van der Waals surface area (Å²) in [4.78, 5) is 6.93. The summed E-state index contributed by atoms with van der Waals surface area (Å²) >= 11 is 0. The van der Waals surface area contributed by atoms with Crippen LogP contribution in [0.4, 0.5) is 5.82 Å². The number of fused-ring (bicyclic) bond motifs is 1. The fourth-order valence-corrected chi connectivity index (χ4v) is 3.44. The van der Waals surface area contributed by atoms with E-state index in [0.717, 1.165) is 36.1 Å². The van der Waals surface area contributed by atoms with Gasteiger partial charge in [0.15, 0.2) is 0 Å². The molecule has 0 bridgehead atoms. The Kier molecular flexibility index (Phi) is 3.46. The van der Waals surface area contributed by atoms with E-state index in [9.17, 15) is 8.42 Å². The van der Waals surface area contributed by atoms with Crippen LogP contribution in [-0.2, 0) is 16.6 Å². The van der Waals surface area contributed by atoms with E-state index >= 15 is 0 Å². The summed E-state index contributed by atoms with van der Waals surface area (Å²) in [7, 11) is -3.16. The lowest BCUT2D eigenvalue weighted by Gasteiger charge is -2.23. The molecule has 2 heterocycles. The molecular formula is C14H21N3O2S. The van der Waals surface area contributed by atoms with Gasteiger partial charge in [0, 0.05) is 37.4 Å². The standard InChI is InChI=1S/C14H21N3O2S/c1-11-3-6-13-10-17(20(2,18)19)8-7-16(14(13)15-11)9-12-4-5-12/h3,6,12H,4-5,7-10H2,1-2H3. The van der Waals surface area contributed by atoms with Gasteiger partial charge in [-0.3, -0.25) is 0 Å². The number of pyridine rings is 1. The van der Waals surface area contributed by atoms with Gasteiger partial charge < -0.3 is 4.90 Å². The molecule has 0 N–H and O–H groups in total. The number of aromatic nitrogens is 1. The quantitative estimate of drug-likeness (QED) is 0.845. The highest BCUT2D eigenvalue weighted by molar-refractivity contribution is 7.88. The van der Waals surface area contributed by atoms with Crippen molar-refractivity contribution in [1.82, 2.24) is 9.29 Å². The topological polar surface area (TPSA) is 53.5 Å². The average Bonchev–Trinajstić information content (AvgIpc) is 3.17. The number of sulfonamides is 1. The molecule has 0 amide bonds. The minimum atomic E-state index is -3.16. The van der Waals surface area contributed by atoms with Crippen molar-refractivity contribution in [3.8, 4) is 0 Å². The van der Waals surface area contributed by atoms with Crippen molar-refractivity contribution in [2.45, 2.75) is 26.3 Å². The van der Waals surface area contributed by atoms with Crippen LogP contribution in [0.15, 0.2) is 12.1 Å². The van der Waals surface area contributed by atoms with E-state index in [2.05, 4.69) is 9.88 Å². The third-order valence-electron chi connectivity index (χ3n) is 4.01. The smallest absolute Gasteiger partial charge is 0.211 e.